The zero-order valence-electron chi connectivity index (χ0n) is 8.24. The molecule has 1 aromatic rings. The van der Waals surface area contributed by atoms with Gasteiger partial charge in [-0.25, -0.2) is 0 Å². The van der Waals surface area contributed by atoms with Crippen molar-refractivity contribution in [1.29, 1.82) is 0 Å². The molecular weight excluding hydrogens is 166 g/mol. The molecule has 1 atom stereocenters. The van der Waals surface area contributed by atoms with E-state index >= 15 is 0 Å². The van der Waals surface area contributed by atoms with Gasteiger partial charge in [-0.2, -0.15) is 5.10 Å². The smallest absolute Gasteiger partial charge is 0.148 e. The van der Waals surface area contributed by atoms with Gasteiger partial charge in [-0.1, -0.05) is 0 Å². The molecule has 0 saturated heterocycles. The number of anilines is 1. The number of rotatable bonds is 4. The topological polar surface area (TPSA) is 47.0 Å². The number of nitrogens with zero attached hydrogens (tertiary/aromatic N) is 2. The Labute approximate surface area is 78.3 Å². The molecule has 0 aliphatic carbocycles. The van der Waals surface area contributed by atoms with E-state index in [9.17, 15) is 0 Å². The Morgan fingerprint density at radius 1 is 1.62 bits per heavy atom. The van der Waals surface area contributed by atoms with Crippen LogP contribution >= 0.6 is 0 Å². The van der Waals surface area contributed by atoms with Crippen LogP contribution in [0, 0.1) is 6.92 Å². The molecule has 0 bridgehead atoms. The Morgan fingerprint density at radius 3 is 3.00 bits per heavy atom. The number of nitrogens with one attached hydrogen (secondary N) is 1. The number of methoxy groups -OCH3 is 1. The fraction of sp³-hybridized carbons (Fsp3) is 0.556. The molecule has 0 aromatic carbocycles. The molecular formula is C9H15N3O. The van der Waals surface area contributed by atoms with Gasteiger partial charge < -0.3 is 10.1 Å². The first kappa shape index (κ1) is 9.92. The van der Waals surface area contributed by atoms with Gasteiger partial charge in [-0.3, -0.25) is 0 Å². The second kappa shape index (κ2) is 4.77. The van der Waals surface area contributed by atoms with Crippen LogP contribution in [-0.4, -0.2) is 30.0 Å². The Hall–Kier alpha value is -1.16. The molecule has 0 spiro atoms. The van der Waals surface area contributed by atoms with Crippen LogP contribution in [0.4, 0.5) is 5.82 Å². The van der Waals surface area contributed by atoms with E-state index in [2.05, 4.69) is 15.5 Å². The first-order valence-corrected chi connectivity index (χ1v) is 4.28. The van der Waals surface area contributed by atoms with E-state index < -0.39 is 0 Å². The van der Waals surface area contributed by atoms with Crippen LogP contribution in [0.1, 0.15) is 12.5 Å². The summed E-state index contributed by atoms with van der Waals surface area (Å²) in [6, 6.07) is 1.95. The van der Waals surface area contributed by atoms with Gasteiger partial charge in [0.15, 0.2) is 0 Å². The van der Waals surface area contributed by atoms with Crippen molar-refractivity contribution >= 4 is 5.82 Å². The highest BCUT2D eigenvalue weighted by atomic mass is 16.5. The standard InChI is InChI=1S/C9H15N3O/c1-7-4-9(12-11-5-7)10-6-8(2)13-3/h4-5,8H,6H2,1-3H3,(H,10,12). The molecule has 13 heavy (non-hydrogen) atoms. The predicted molar refractivity (Wildman–Crippen MR) is 51.7 cm³/mol. The van der Waals surface area contributed by atoms with Gasteiger partial charge in [0.1, 0.15) is 5.82 Å². The number of ether oxygens (including phenoxy) is 1. The number of aryl methyl sites for hydroxylation is 1. The number of hydrogen-bond acceptors (Lipinski definition) is 4. The Kier molecular flexibility index (Phi) is 3.64. The third-order valence-corrected chi connectivity index (χ3v) is 1.76. The molecule has 72 valence electrons. The zero-order chi connectivity index (χ0) is 9.68. The average Bonchev–Trinajstić information content (AvgIpc) is 2.14. The summed E-state index contributed by atoms with van der Waals surface area (Å²) >= 11 is 0. The molecule has 1 N–H and O–H groups in total. The lowest BCUT2D eigenvalue weighted by Gasteiger charge is -2.10. The van der Waals surface area contributed by atoms with Crippen molar-refractivity contribution < 1.29 is 4.74 Å². The molecule has 4 nitrogen and oxygen atoms in total. The van der Waals surface area contributed by atoms with Gasteiger partial charge in [-0.15, -0.1) is 5.10 Å². The number of aromatic nitrogens is 2. The van der Waals surface area contributed by atoms with Crippen LogP contribution in [0.2, 0.25) is 0 Å². The van der Waals surface area contributed by atoms with E-state index in [0.717, 1.165) is 17.9 Å². The normalized spacial score (nSPS) is 12.5. The summed E-state index contributed by atoms with van der Waals surface area (Å²) < 4.78 is 5.09. The van der Waals surface area contributed by atoms with Crippen LogP contribution in [0.3, 0.4) is 0 Å². The Balaban J connectivity index is 2.45. The van der Waals surface area contributed by atoms with Crippen LogP contribution in [0.15, 0.2) is 12.3 Å². The lowest BCUT2D eigenvalue weighted by atomic mass is 10.3. The molecule has 0 aliphatic rings. The van der Waals surface area contributed by atoms with Crippen molar-refractivity contribution in [3.63, 3.8) is 0 Å². The minimum atomic E-state index is 0.183. The fourth-order valence-corrected chi connectivity index (χ4v) is 0.882. The summed E-state index contributed by atoms with van der Waals surface area (Å²) in [5.74, 6) is 0.795. The van der Waals surface area contributed by atoms with Gasteiger partial charge in [0, 0.05) is 13.7 Å². The molecule has 0 amide bonds. The maximum Gasteiger partial charge on any atom is 0.148 e. The van der Waals surface area contributed by atoms with Crippen molar-refractivity contribution in [3.05, 3.63) is 17.8 Å². The first-order chi connectivity index (χ1) is 6.22. The molecule has 1 rings (SSSR count). The highest BCUT2D eigenvalue weighted by Crippen LogP contribution is 2.03. The van der Waals surface area contributed by atoms with Gasteiger partial charge in [0.25, 0.3) is 0 Å². The average molecular weight is 181 g/mol. The highest BCUT2D eigenvalue weighted by molar-refractivity contribution is 5.34. The predicted octanol–water partition coefficient (Wildman–Crippen LogP) is 1.23. The summed E-state index contributed by atoms with van der Waals surface area (Å²) in [5.41, 5.74) is 1.10. The second-order valence-corrected chi connectivity index (χ2v) is 3.05. The lowest BCUT2D eigenvalue weighted by Crippen LogP contribution is -2.18. The molecule has 0 saturated carbocycles. The Morgan fingerprint density at radius 2 is 2.38 bits per heavy atom. The first-order valence-electron chi connectivity index (χ1n) is 4.28. The van der Waals surface area contributed by atoms with Crippen molar-refractivity contribution in [2.75, 3.05) is 19.0 Å². The maximum atomic E-state index is 5.09. The fourth-order valence-electron chi connectivity index (χ4n) is 0.882. The quantitative estimate of drug-likeness (QED) is 0.759. The summed E-state index contributed by atoms with van der Waals surface area (Å²) in [4.78, 5) is 0. The van der Waals surface area contributed by atoms with Crippen LogP contribution in [-0.2, 0) is 4.74 Å². The molecule has 1 unspecified atom stereocenters. The molecule has 0 radical (unpaired) electrons. The Bertz CT molecular complexity index is 265. The minimum absolute atomic E-state index is 0.183. The third kappa shape index (κ3) is 3.38. The van der Waals surface area contributed by atoms with E-state index in [1.807, 2.05) is 19.9 Å². The van der Waals surface area contributed by atoms with Crippen molar-refractivity contribution in [1.82, 2.24) is 10.2 Å². The van der Waals surface area contributed by atoms with E-state index in [4.69, 9.17) is 4.74 Å². The van der Waals surface area contributed by atoms with Crippen molar-refractivity contribution in [3.8, 4) is 0 Å². The molecule has 1 heterocycles. The van der Waals surface area contributed by atoms with E-state index in [0.29, 0.717) is 0 Å². The van der Waals surface area contributed by atoms with E-state index in [1.165, 1.54) is 0 Å². The number of hydrogen-bond donors (Lipinski definition) is 1. The minimum Gasteiger partial charge on any atom is -0.380 e. The van der Waals surface area contributed by atoms with Crippen LogP contribution in [0.5, 0.6) is 0 Å². The van der Waals surface area contributed by atoms with Crippen molar-refractivity contribution in [2.24, 2.45) is 0 Å². The molecule has 0 aliphatic heterocycles. The monoisotopic (exact) mass is 181 g/mol. The van der Waals surface area contributed by atoms with Crippen LogP contribution < -0.4 is 5.32 Å². The lowest BCUT2D eigenvalue weighted by molar-refractivity contribution is 0.128. The van der Waals surface area contributed by atoms with Crippen LogP contribution in [0.25, 0.3) is 0 Å². The zero-order valence-corrected chi connectivity index (χ0v) is 8.24. The maximum absolute atomic E-state index is 5.09. The van der Waals surface area contributed by atoms with Gasteiger partial charge in [0.05, 0.1) is 12.3 Å². The van der Waals surface area contributed by atoms with Gasteiger partial charge in [-0.05, 0) is 25.5 Å². The van der Waals surface area contributed by atoms with E-state index in [-0.39, 0.29) is 6.10 Å². The van der Waals surface area contributed by atoms with Crippen molar-refractivity contribution in [2.45, 2.75) is 20.0 Å². The highest BCUT2D eigenvalue weighted by Gasteiger charge is 1.99. The molecule has 4 heteroatoms. The second-order valence-electron chi connectivity index (χ2n) is 3.05. The summed E-state index contributed by atoms with van der Waals surface area (Å²) in [6.07, 6.45) is 1.91. The largest absolute Gasteiger partial charge is 0.380 e. The van der Waals surface area contributed by atoms with E-state index in [1.54, 1.807) is 13.3 Å². The van der Waals surface area contributed by atoms with Gasteiger partial charge >= 0.3 is 0 Å². The third-order valence-electron chi connectivity index (χ3n) is 1.76. The van der Waals surface area contributed by atoms with Gasteiger partial charge in [0.2, 0.25) is 0 Å². The molecule has 1 aromatic heterocycles. The summed E-state index contributed by atoms with van der Waals surface area (Å²) in [7, 11) is 1.69. The summed E-state index contributed by atoms with van der Waals surface area (Å²) in [6.45, 7) is 4.73. The SMILES string of the molecule is COC(C)CNc1cc(C)cnn1. The summed E-state index contributed by atoms with van der Waals surface area (Å²) in [5, 5.41) is 10.9. The molecule has 0 fully saturated rings.